The molecule has 2 rings (SSSR count). The van der Waals surface area contributed by atoms with Gasteiger partial charge in [0.05, 0.1) is 5.69 Å². The molecule has 4 N–H and O–H groups in total. The number of halogens is 1. The number of carbonyl (C=O) groups is 1. The van der Waals surface area contributed by atoms with Crippen LogP contribution in [0.3, 0.4) is 0 Å². The number of amides is 1. The standard InChI is InChI=1S/C13H12FN3O2/c1-7-6-8(2-3-9(7)14)19-13-10(15)4-5-11(17-13)12(16)18/h2-6H,15H2,1H3,(H2,16,18). The Morgan fingerprint density at radius 1 is 1.32 bits per heavy atom. The van der Waals surface area contributed by atoms with Crippen LogP contribution < -0.4 is 16.2 Å². The number of pyridine rings is 1. The van der Waals surface area contributed by atoms with Crippen LogP contribution in [0.4, 0.5) is 10.1 Å². The average molecular weight is 261 g/mol. The number of nitrogens with two attached hydrogens (primary N) is 2. The molecule has 5 nitrogen and oxygen atoms in total. The minimum absolute atomic E-state index is 0.0445. The number of benzene rings is 1. The van der Waals surface area contributed by atoms with Crippen molar-refractivity contribution >= 4 is 11.6 Å². The summed E-state index contributed by atoms with van der Waals surface area (Å²) in [5.74, 6) is -0.582. The first-order valence-electron chi connectivity index (χ1n) is 5.47. The van der Waals surface area contributed by atoms with E-state index in [9.17, 15) is 9.18 Å². The molecular formula is C13H12FN3O2. The van der Waals surface area contributed by atoms with Crippen molar-refractivity contribution in [2.75, 3.05) is 5.73 Å². The molecule has 0 spiro atoms. The van der Waals surface area contributed by atoms with Crippen LogP contribution in [0, 0.1) is 12.7 Å². The van der Waals surface area contributed by atoms with Crippen LogP contribution in [-0.2, 0) is 0 Å². The predicted molar refractivity (Wildman–Crippen MR) is 68.4 cm³/mol. The minimum Gasteiger partial charge on any atom is -0.437 e. The van der Waals surface area contributed by atoms with Crippen molar-refractivity contribution in [3.63, 3.8) is 0 Å². The van der Waals surface area contributed by atoms with E-state index in [1.807, 2.05) is 0 Å². The largest absolute Gasteiger partial charge is 0.437 e. The zero-order valence-corrected chi connectivity index (χ0v) is 10.2. The number of anilines is 1. The quantitative estimate of drug-likeness (QED) is 0.884. The van der Waals surface area contributed by atoms with E-state index >= 15 is 0 Å². The molecule has 1 aromatic heterocycles. The second-order valence-electron chi connectivity index (χ2n) is 3.97. The number of rotatable bonds is 3. The number of primary amides is 1. The molecule has 0 bridgehead atoms. The van der Waals surface area contributed by atoms with Gasteiger partial charge in [-0.1, -0.05) is 0 Å². The van der Waals surface area contributed by atoms with Gasteiger partial charge in [-0.05, 0) is 42.8 Å². The Balaban J connectivity index is 2.34. The third-order valence-corrected chi connectivity index (χ3v) is 2.49. The number of nitrogens with zero attached hydrogens (tertiary/aromatic N) is 1. The summed E-state index contributed by atoms with van der Waals surface area (Å²) in [7, 11) is 0. The van der Waals surface area contributed by atoms with Gasteiger partial charge in [0.1, 0.15) is 17.3 Å². The number of aromatic nitrogens is 1. The number of carbonyl (C=O) groups excluding carboxylic acids is 1. The summed E-state index contributed by atoms with van der Waals surface area (Å²) in [6.07, 6.45) is 0. The van der Waals surface area contributed by atoms with E-state index in [1.165, 1.54) is 30.3 Å². The Morgan fingerprint density at radius 2 is 2.05 bits per heavy atom. The van der Waals surface area contributed by atoms with Gasteiger partial charge >= 0.3 is 0 Å². The van der Waals surface area contributed by atoms with Crippen LogP contribution >= 0.6 is 0 Å². The van der Waals surface area contributed by atoms with E-state index in [-0.39, 0.29) is 23.1 Å². The number of ether oxygens (including phenoxy) is 1. The fourth-order valence-corrected chi connectivity index (χ4v) is 1.46. The first kappa shape index (κ1) is 12.8. The highest BCUT2D eigenvalue weighted by molar-refractivity contribution is 5.91. The minimum atomic E-state index is -0.680. The summed E-state index contributed by atoms with van der Waals surface area (Å²) < 4.78 is 18.6. The molecule has 1 heterocycles. The van der Waals surface area contributed by atoms with E-state index in [1.54, 1.807) is 6.92 Å². The van der Waals surface area contributed by atoms with E-state index in [2.05, 4.69) is 4.98 Å². The maximum atomic E-state index is 13.1. The second-order valence-corrected chi connectivity index (χ2v) is 3.97. The first-order valence-corrected chi connectivity index (χ1v) is 5.47. The normalized spacial score (nSPS) is 10.2. The molecule has 1 aromatic carbocycles. The van der Waals surface area contributed by atoms with Gasteiger partial charge in [-0.15, -0.1) is 0 Å². The van der Waals surface area contributed by atoms with Crippen molar-refractivity contribution in [2.45, 2.75) is 6.92 Å². The number of hydrogen-bond donors (Lipinski definition) is 2. The highest BCUT2D eigenvalue weighted by atomic mass is 19.1. The molecule has 0 saturated heterocycles. The van der Waals surface area contributed by atoms with Crippen LogP contribution in [0.25, 0.3) is 0 Å². The molecule has 0 radical (unpaired) electrons. The molecule has 0 atom stereocenters. The number of aryl methyl sites for hydroxylation is 1. The maximum absolute atomic E-state index is 13.1. The summed E-state index contributed by atoms with van der Waals surface area (Å²) in [6, 6.07) is 7.10. The number of hydrogen-bond acceptors (Lipinski definition) is 4. The fraction of sp³-hybridized carbons (Fsp3) is 0.0769. The van der Waals surface area contributed by atoms with Gasteiger partial charge in [-0.25, -0.2) is 9.37 Å². The van der Waals surface area contributed by atoms with Crippen LogP contribution in [0.2, 0.25) is 0 Å². The molecule has 98 valence electrons. The van der Waals surface area contributed by atoms with Crippen LogP contribution in [0.15, 0.2) is 30.3 Å². The van der Waals surface area contributed by atoms with E-state index in [4.69, 9.17) is 16.2 Å². The van der Waals surface area contributed by atoms with Gasteiger partial charge in [-0.2, -0.15) is 0 Å². The van der Waals surface area contributed by atoms with Gasteiger partial charge in [0.2, 0.25) is 5.88 Å². The fourth-order valence-electron chi connectivity index (χ4n) is 1.46. The Labute approximate surface area is 109 Å². The Kier molecular flexibility index (Phi) is 3.33. The third kappa shape index (κ3) is 2.79. The lowest BCUT2D eigenvalue weighted by Gasteiger charge is -2.09. The lowest BCUT2D eigenvalue weighted by molar-refractivity contribution is 0.0995. The van der Waals surface area contributed by atoms with Crippen molar-refractivity contribution in [1.82, 2.24) is 4.98 Å². The van der Waals surface area contributed by atoms with Crippen molar-refractivity contribution < 1.29 is 13.9 Å². The predicted octanol–water partition coefficient (Wildman–Crippen LogP) is 2.00. The SMILES string of the molecule is Cc1cc(Oc2nc(C(N)=O)ccc2N)ccc1F. The highest BCUT2D eigenvalue weighted by Gasteiger charge is 2.10. The molecule has 0 saturated carbocycles. The van der Waals surface area contributed by atoms with Crippen LogP contribution in [0.1, 0.15) is 16.1 Å². The smallest absolute Gasteiger partial charge is 0.267 e. The second kappa shape index (κ2) is 4.93. The van der Waals surface area contributed by atoms with Crippen LogP contribution in [0.5, 0.6) is 11.6 Å². The van der Waals surface area contributed by atoms with Gasteiger partial charge in [0.25, 0.3) is 5.91 Å². The molecule has 0 aliphatic rings. The van der Waals surface area contributed by atoms with Crippen molar-refractivity contribution in [2.24, 2.45) is 5.73 Å². The summed E-state index contributed by atoms with van der Waals surface area (Å²) in [4.78, 5) is 14.9. The van der Waals surface area contributed by atoms with Crippen LogP contribution in [-0.4, -0.2) is 10.9 Å². The first-order chi connectivity index (χ1) is 8.97. The Hall–Kier alpha value is -2.63. The lowest BCUT2D eigenvalue weighted by Crippen LogP contribution is -2.13. The molecule has 0 unspecified atom stereocenters. The van der Waals surface area contributed by atoms with E-state index in [0.717, 1.165) is 0 Å². The molecule has 0 aliphatic carbocycles. The average Bonchev–Trinajstić information content (AvgIpc) is 2.36. The zero-order valence-electron chi connectivity index (χ0n) is 10.2. The van der Waals surface area contributed by atoms with Crippen molar-refractivity contribution in [1.29, 1.82) is 0 Å². The summed E-state index contributed by atoms with van der Waals surface area (Å²) in [5.41, 5.74) is 11.5. The maximum Gasteiger partial charge on any atom is 0.267 e. The van der Waals surface area contributed by atoms with E-state index < -0.39 is 5.91 Å². The topological polar surface area (TPSA) is 91.2 Å². The molecular weight excluding hydrogens is 249 g/mol. The van der Waals surface area contributed by atoms with Gasteiger partial charge in [0.15, 0.2) is 0 Å². The molecule has 0 aliphatic heterocycles. The molecule has 2 aromatic rings. The zero-order chi connectivity index (χ0) is 14.0. The Bertz CT molecular complexity index is 644. The molecule has 19 heavy (non-hydrogen) atoms. The number of nitrogen functional groups attached to an aromatic ring is 1. The Morgan fingerprint density at radius 3 is 2.68 bits per heavy atom. The summed E-state index contributed by atoms with van der Waals surface area (Å²) in [6.45, 7) is 1.61. The monoisotopic (exact) mass is 261 g/mol. The summed E-state index contributed by atoms with van der Waals surface area (Å²) in [5, 5.41) is 0. The highest BCUT2D eigenvalue weighted by Crippen LogP contribution is 2.26. The molecule has 1 amide bonds. The van der Waals surface area contributed by atoms with Crippen molar-refractivity contribution in [3.8, 4) is 11.6 Å². The van der Waals surface area contributed by atoms with Gasteiger partial charge in [0, 0.05) is 0 Å². The van der Waals surface area contributed by atoms with Gasteiger partial charge < -0.3 is 16.2 Å². The van der Waals surface area contributed by atoms with Crippen molar-refractivity contribution in [3.05, 3.63) is 47.4 Å². The summed E-state index contributed by atoms with van der Waals surface area (Å²) >= 11 is 0. The van der Waals surface area contributed by atoms with Gasteiger partial charge in [-0.3, -0.25) is 4.79 Å². The third-order valence-electron chi connectivity index (χ3n) is 2.49. The lowest BCUT2D eigenvalue weighted by atomic mass is 10.2. The molecule has 6 heteroatoms. The molecule has 0 fully saturated rings. The van der Waals surface area contributed by atoms with E-state index in [0.29, 0.717) is 11.3 Å².